The largest absolute Gasteiger partial charge is 0.325 e. The normalized spacial score (nSPS) is 18.3. The van der Waals surface area contributed by atoms with Gasteiger partial charge in [-0.3, -0.25) is 0 Å². The quantitative estimate of drug-likeness (QED) is 0.815. The van der Waals surface area contributed by atoms with E-state index in [4.69, 9.17) is 5.73 Å². The van der Waals surface area contributed by atoms with Crippen LogP contribution in [0.4, 0.5) is 8.78 Å². The summed E-state index contributed by atoms with van der Waals surface area (Å²) in [6.45, 7) is 0. The van der Waals surface area contributed by atoms with Crippen LogP contribution in [-0.4, -0.2) is 5.54 Å². The van der Waals surface area contributed by atoms with E-state index in [0.717, 1.165) is 12.8 Å². The fraction of sp³-hybridized carbons (Fsp3) is 0.400. The van der Waals surface area contributed by atoms with Gasteiger partial charge in [-0.05, 0) is 52.9 Å². The summed E-state index contributed by atoms with van der Waals surface area (Å²) in [5, 5.41) is 0. The Morgan fingerprint density at radius 2 is 1.79 bits per heavy atom. The van der Waals surface area contributed by atoms with Gasteiger partial charge in [-0.25, -0.2) is 8.78 Å². The molecular formula is C10H10BrF2N. The third kappa shape index (κ3) is 1.96. The topological polar surface area (TPSA) is 26.0 Å². The van der Waals surface area contributed by atoms with Gasteiger partial charge >= 0.3 is 0 Å². The van der Waals surface area contributed by atoms with Gasteiger partial charge in [-0.15, -0.1) is 0 Å². The summed E-state index contributed by atoms with van der Waals surface area (Å²) in [6, 6.07) is 2.67. The summed E-state index contributed by atoms with van der Waals surface area (Å²) in [4.78, 5) is 0. The van der Waals surface area contributed by atoms with Crippen LogP contribution in [0.2, 0.25) is 0 Å². The van der Waals surface area contributed by atoms with Crippen molar-refractivity contribution in [3.63, 3.8) is 0 Å². The Labute approximate surface area is 89.4 Å². The molecule has 0 aliphatic heterocycles. The van der Waals surface area contributed by atoms with E-state index in [1.54, 1.807) is 0 Å². The summed E-state index contributed by atoms with van der Waals surface area (Å²) < 4.78 is 26.1. The first-order valence-corrected chi connectivity index (χ1v) is 5.22. The first-order valence-electron chi connectivity index (χ1n) is 4.42. The highest BCUT2D eigenvalue weighted by molar-refractivity contribution is 9.10. The Morgan fingerprint density at radius 3 is 2.21 bits per heavy atom. The minimum atomic E-state index is -0.566. The van der Waals surface area contributed by atoms with E-state index < -0.39 is 11.6 Å². The van der Waals surface area contributed by atoms with E-state index in [2.05, 4.69) is 15.9 Å². The van der Waals surface area contributed by atoms with E-state index in [-0.39, 0.29) is 10.0 Å². The molecule has 76 valence electrons. The molecule has 0 aromatic heterocycles. The molecule has 1 aromatic carbocycles. The molecule has 1 nitrogen and oxygen atoms in total. The smallest absolute Gasteiger partial charge is 0.140 e. The van der Waals surface area contributed by atoms with Gasteiger partial charge < -0.3 is 5.73 Å². The highest BCUT2D eigenvalue weighted by atomic mass is 79.9. The van der Waals surface area contributed by atoms with Crippen molar-refractivity contribution in [1.29, 1.82) is 0 Å². The molecule has 2 N–H and O–H groups in total. The zero-order chi connectivity index (χ0) is 10.3. The second kappa shape index (κ2) is 3.28. The standard InChI is InChI=1S/C10H10BrF2N/c11-9-7(12)3-6(4-8(9)13)5-10(14)1-2-10/h3-4H,1-2,5,14H2. The summed E-state index contributed by atoms with van der Waals surface area (Å²) in [7, 11) is 0. The molecule has 1 aliphatic rings. The third-order valence-corrected chi connectivity index (χ3v) is 3.25. The van der Waals surface area contributed by atoms with Gasteiger partial charge in [0.25, 0.3) is 0 Å². The molecule has 0 bridgehead atoms. The predicted molar refractivity (Wildman–Crippen MR) is 53.9 cm³/mol. The number of rotatable bonds is 2. The Balaban J connectivity index is 2.26. The minimum Gasteiger partial charge on any atom is -0.325 e. The van der Waals surface area contributed by atoms with E-state index in [9.17, 15) is 8.78 Å². The number of hydrogen-bond donors (Lipinski definition) is 1. The van der Waals surface area contributed by atoms with Crippen LogP contribution in [0.1, 0.15) is 18.4 Å². The van der Waals surface area contributed by atoms with Gasteiger partial charge in [0.2, 0.25) is 0 Å². The molecule has 1 aromatic rings. The highest BCUT2D eigenvalue weighted by Gasteiger charge is 2.38. The zero-order valence-electron chi connectivity index (χ0n) is 7.49. The second-order valence-corrected chi connectivity index (χ2v) is 4.71. The highest BCUT2D eigenvalue weighted by Crippen LogP contribution is 2.36. The molecule has 14 heavy (non-hydrogen) atoms. The lowest BCUT2D eigenvalue weighted by atomic mass is 10.0. The number of benzene rings is 1. The predicted octanol–water partition coefficient (Wildman–Crippen LogP) is 2.76. The van der Waals surface area contributed by atoms with Crippen LogP contribution >= 0.6 is 15.9 Å². The molecule has 1 aliphatic carbocycles. The molecule has 0 unspecified atom stereocenters. The lowest BCUT2D eigenvalue weighted by Crippen LogP contribution is -2.24. The summed E-state index contributed by atoms with van der Waals surface area (Å²) >= 11 is 2.83. The molecular weight excluding hydrogens is 252 g/mol. The van der Waals surface area contributed by atoms with Crippen LogP contribution in [0.25, 0.3) is 0 Å². The molecule has 1 fully saturated rings. The molecule has 0 heterocycles. The fourth-order valence-corrected chi connectivity index (χ4v) is 1.68. The molecule has 0 spiro atoms. The maximum Gasteiger partial charge on any atom is 0.140 e. The summed E-state index contributed by atoms with van der Waals surface area (Å²) in [5.41, 5.74) is 6.27. The van der Waals surface area contributed by atoms with Crippen molar-refractivity contribution in [1.82, 2.24) is 0 Å². The van der Waals surface area contributed by atoms with Crippen molar-refractivity contribution in [3.8, 4) is 0 Å². The van der Waals surface area contributed by atoms with Crippen LogP contribution in [0.3, 0.4) is 0 Å². The monoisotopic (exact) mass is 261 g/mol. The number of halogens is 3. The fourth-order valence-electron chi connectivity index (χ4n) is 1.45. The zero-order valence-corrected chi connectivity index (χ0v) is 9.07. The Bertz CT molecular complexity index is 351. The lowest BCUT2D eigenvalue weighted by Gasteiger charge is -2.09. The molecule has 0 atom stereocenters. The Hall–Kier alpha value is -0.480. The second-order valence-electron chi connectivity index (χ2n) is 3.91. The molecule has 2 rings (SSSR count). The summed E-state index contributed by atoms with van der Waals surface area (Å²) in [5.74, 6) is -1.13. The van der Waals surface area contributed by atoms with Crippen LogP contribution in [0, 0.1) is 11.6 Å². The average Bonchev–Trinajstić information content (AvgIpc) is 2.79. The van der Waals surface area contributed by atoms with Crippen molar-refractivity contribution in [3.05, 3.63) is 33.8 Å². The van der Waals surface area contributed by atoms with Gasteiger partial charge in [-0.1, -0.05) is 0 Å². The van der Waals surface area contributed by atoms with Crippen LogP contribution in [-0.2, 0) is 6.42 Å². The Kier molecular flexibility index (Phi) is 2.35. The van der Waals surface area contributed by atoms with Crippen molar-refractivity contribution >= 4 is 15.9 Å². The average molecular weight is 262 g/mol. The van der Waals surface area contributed by atoms with Crippen molar-refractivity contribution in [2.24, 2.45) is 5.73 Å². The van der Waals surface area contributed by atoms with Gasteiger partial charge in [0.05, 0.1) is 4.47 Å². The molecule has 0 amide bonds. The molecule has 4 heteroatoms. The first kappa shape index (κ1) is 10.1. The van der Waals surface area contributed by atoms with Gasteiger partial charge in [0, 0.05) is 5.54 Å². The summed E-state index contributed by atoms with van der Waals surface area (Å²) in [6.07, 6.45) is 2.42. The van der Waals surface area contributed by atoms with Gasteiger partial charge in [0.15, 0.2) is 0 Å². The third-order valence-electron chi connectivity index (χ3n) is 2.49. The van der Waals surface area contributed by atoms with Crippen molar-refractivity contribution < 1.29 is 8.78 Å². The van der Waals surface area contributed by atoms with E-state index in [1.165, 1.54) is 12.1 Å². The van der Waals surface area contributed by atoms with Crippen LogP contribution < -0.4 is 5.73 Å². The van der Waals surface area contributed by atoms with Crippen LogP contribution in [0.5, 0.6) is 0 Å². The molecule has 1 saturated carbocycles. The maximum atomic E-state index is 13.1. The van der Waals surface area contributed by atoms with E-state index in [0.29, 0.717) is 12.0 Å². The SMILES string of the molecule is NC1(Cc2cc(F)c(Br)c(F)c2)CC1. The number of nitrogens with two attached hydrogens (primary N) is 1. The molecule has 0 saturated heterocycles. The van der Waals surface area contributed by atoms with Gasteiger partial charge in [-0.2, -0.15) is 0 Å². The first-order chi connectivity index (χ1) is 6.50. The maximum absolute atomic E-state index is 13.1. The van der Waals surface area contributed by atoms with Crippen LogP contribution in [0.15, 0.2) is 16.6 Å². The van der Waals surface area contributed by atoms with E-state index >= 15 is 0 Å². The lowest BCUT2D eigenvalue weighted by molar-refractivity contribution is 0.563. The number of hydrogen-bond acceptors (Lipinski definition) is 1. The minimum absolute atomic E-state index is 0.108. The van der Waals surface area contributed by atoms with E-state index in [1.807, 2.05) is 0 Å². The Morgan fingerprint density at radius 1 is 1.29 bits per heavy atom. The van der Waals surface area contributed by atoms with Crippen molar-refractivity contribution in [2.75, 3.05) is 0 Å². The van der Waals surface area contributed by atoms with Crippen molar-refractivity contribution in [2.45, 2.75) is 24.8 Å². The molecule has 0 radical (unpaired) electrons. The van der Waals surface area contributed by atoms with Gasteiger partial charge in [0.1, 0.15) is 11.6 Å².